The molecule has 0 aliphatic heterocycles. The summed E-state index contributed by atoms with van der Waals surface area (Å²) in [6.07, 6.45) is 0. The number of hydrogen-bond acceptors (Lipinski definition) is 6. The summed E-state index contributed by atoms with van der Waals surface area (Å²) in [5, 5.41) is 10.5. The number of nitrogens with zero attached hydrogens (tertiary/aromatic N) is 1. The standard InChI is InChI=1S/C7H7NO6S.Na.H2O/c1-14-5-2-3-7(15(11,12)13)6(4-5)8(9)10;;/h2-4H,1H3,(H,11,12,13);;1H2/q;+1;/p-1. The molecule has 1 aromatic rings. The maximum atomic E-state index is 10.7. The number of methoxy groups -OCH3 is 1. The van der Waals surface area contributed by atoms with Gasteiger partial charge in [0.15, 0.2) is 0 Å². The molecule has 0 atom stereocenters. The van der Waals surface area contributed by atoms with E-state index in [1.54, 1.807) is 0 Å². The Morgan fingerprint density at radius 1 is 1.35 bits per heavy atom. The number of hydrogen-bond donors (Lipinski definition) is 0. The van der Waals surface area contributed by atoms with E-state index >= 15 is 0 Å². The van der Waals surface area contributed by atoms with E-state index in [4.69, 9.17) is 0 Å². The minimum atomic E-state index is -4.85. The number of nitro groups is 1. The van der Waals surface area contributed by atoms with Crippen molar-refractivity contribution in [2.45, 2.75) is 4.90 Å². The van der Waals surface area contributed by atoms with Gasteiger partial charge in [0.05, 0.1) is 18.1 Å². The molecule has 10 heteroatoms. The van der Waals surface area contributed by atoms with E-state index in [2.05, 4.69) is 4.74 Å². The van der Waals surface area contributed by atoms with Crippen LogP contribution in [-0.4, -0.2) is 30.5 Å². The van der Waals surface area contributed by atoms with Crippen LogP contribution in [0.25, 0.3) is 0 Å². The Bertz CT molecular complexity index is 501. The van der Waals surface area contributed by atoms with Gasteiger partial charge in [-0.1, -0.05) is 0 Å². The van der Waals surface area contributed by atoms with E-state index in [0.717, 1.165) is 18.2 Å². The second-order valence-corrected chi connectivity index (χ2v) is 3.89. The van der Waals surface area contributed by atoms with Crippen molar-refractivity contribution in [2.75, 3.05) is 7.11 Å². The number of benzene rings is 1. The Balaban J connectivity index is 0. The zero-order valence-electron chi connectivity index (χ0n) is 9.04. The molecule has 0 fully saturated rings. The van der Waals surface area contributed by atoms with Crippen LogP contribution >= 0.6 is 0 Å². The van der Waals surface area contributed by atoms with E-state index in [0.29, 0.717) is 0 Å². The van der Waals surface area contributed by atoms with Crippen LogP contribution in [0.4, 0.5) is 5.69 Å². The SMILES string of the molecule is COc1ccc(S(=O)(=O)[O-])c([N+](=O)[O-])c1.O.[Na+]. The average Bonchev–Trinajstić information content (AvgIpc) is 2.15. The monoisotopic (exact) mass is 273 g/mol. The van der Waals surface area contributed by atoms with Gasteiger partial charge in [-0.3, -0.25) is 10.1 Å². The topological polar surface area (TPSA) is 141 Å². The molecular formula is C7H8NNaO7S. The van der Waals surface area contributed by atoms with Gasteiger partial charge in [0.2, 0.25) is 0 Å². The Morgan fingerprint density at radius 3 is 2.24 bits per heavy atom. The molecule has 0 aliphatic carbocycles. The van der Waals surface area contributed by atoms with Gasteiger partial charge in [0.25, 0.3) is 5.69 Å². The van der Waals surface area contributed by atoms with Crippen LogP contribution in [0.15, 0.2) is 23.1 Å². The quantitative estimate of drug-likeness (QED) is 0.244. The summed E-state index contributed by atoms with van der Waals surface area (Å²) in [5.41, 5.74) is -0.788. The molecule has 1 rings (SSSR count). The van der Waals surface area contributed by atoms with Crippen LogP contribution < -0.4 is 34.3 Å². The minimum absolute atomic E-state index is 0. The van der Waals surface area contributed by atoms with Gasteiger partial charge in [-0.2, -0.15) is 0 Å². The smallest absolute Gasteiger partial charge is 0.744 e. The summed E-state index contributed by atoms with van der Waals surface area (Å²) in [7, 11) is -3.58. The first-order valence-corrected chi connectivity index (χ1v) is 5.05. The third-order valence-electron chi connectivity index (χ3n) is 1.63. The Morgan fingerprint density at radius 2 is 1.88 bits per heavy atom. The molecule has 0 aliphatic rings. The predicted octanol–water partition coefficient (Wildman–Crippen LogP) is -3.31. The van der Waals surface area contributed by atoms with Crippen molar-refractivity contribution in [3.63, 3.8) is 0 Å². The van der Waals surface area contributed by atoms with Crippen LogP contribution in [0.3, 0.4) is 0 Å². The van der Waals surface area contributed by atoms with Crippen LogP contribution in [0.5, 0.6) is 5.75 Å². The van der Waals surface area contributed by atoms with Gasteiger partial charge in [0, 0.05) is 0 Å². The molecule has 0 radical (unpaired) electrons. The fourth-order valence-corrected chi connectivity index (χ4v) is 1.60. The Kier molecular flexibility index (Phi) is 7.56. The van der Waals surface area contributed by atoms with Crippen LogP contribution in [0.1, 0.15) is 0 Å². The van der Waals surface area contributed by atoms with Gasteiger partial charge in [-0.25, -0.2) is 8.42 Å². The first-order chi connectivity index (χ1) is 6.86. The molecule has 0 saturated carbocycles. The molecule has 0 unspecified atom stereocenters. The minimum Gasteiger partial charge on any atom is -0.744 e. The molecule has 2 N–H and O–H groups in total. The van der Waals surface area contributed by atoms with E-state index in [1.807, 2.05) is 0 Å². The molecule has 0 saturated heterocycles. The normalized spacial score (nSPS) is 9.76. The second kappa shape index (κ2) is 6.89. The van der Waals surface area contributed by atoms with Gasteiger partial charge in [-0.15, -0.1) is 0 Å². The predicted molar refractivity (Wildman–Crippen MR) is 51.2 cm³/mol. The molecule has 17 heavy (non-hydrogen) atoms. The van der Waals surface area contributed by atoms with Crippen LogP contribution in [-0.2, 0) is 10.1 Å². The maximum Gasteiger partial charge on any atom is 1.00 e. The van der Waals surface area contributed by atoms with Crippen molar-refractivity contribution >= 4 is 15.8 Å². The van der Waals surface area contributed by atoms with E-state index in [1.165, 1.54) is 7.11 Å². The third-order valence-corrected chi connectivity index (χ3v) is 2.52. The van der Waals surface area contributed by atoms with Gasteiger partial charge in [0.1, 0.15) is 20.8 Å². The Labute approximate surface area is 119 Å². The number of ether oxygens (including phenoxy) is 1. The van der Waals surface area contributed by atoms with Crippen molar-refractivity contribution in [3.8, 4) is 5.75 Å². The van der Waals surface area contributed by atoms with Crippen LogP contribution in [0.2, 0.25) is 0 Å². The van der Waals surface area contributed by atoms with Gasteiger partial charge in [-0.05, 0) is 12.1 Å². The summed E-state index contributed by atoms with van der Waals surface area (Å²) in [6, 6.07) is 2.89. The zero-order chi connectivity index (χ0) is 11.6. The molecular weight excluding hydrogens is 265 g/mol. The van der Waals surface area contributed by atoms with Gasteiger partial charge >= 0.3 is 29.6 Å². The molecule has 1 aromatic carbocycles. The fraction of sp³-hybridized carbons (Fsp3) is 0.143. The number of nitro benzene ring substituents is 1. The maximum absolute atomic E-state index is 10.7. The van der Waals surface area contributed by atoms with Crippen molar-refractivity contribution in [2.24, 2.45) is 0 Å². The van der Waals surface area contributed by atoms with Crippen molar-refractivity contribution in [3.05, 3.63) is 28.3 Å². The summed E-state index contributed by atoms with van der Waals surface area (Å²) in [5.74, 6) is 0.106. The van der Waals surface area contributed by atoms with Crippen molar-refractivity contribution in [1.29, 1.82) is 0 Å². The zero-order valence-corrected chi connectivity index (χ0v) is 11.9. The molecule has 8 nitrogen and oxygen atoms in total. The van der Waals surface area contributed by atoms with E-state index in [9.17, 15) is 23.1 Å². The third kappa shape index (κ3) is 4.58. The first-order valence-electron chi connectivity index (χ1n) is 3.64. The molecule has 0 aromatic heterocycles. The summed E-state index contributed by atoms with van der Waals surface area (Å²) < 4.78 is 36.6. The largest absolute Gasteiger partial charge is 1.00 e. The summed E-state index contributed by atoms with van der Waals surface area (Å²) in [6.45, 7) is 0. The van der Waals surface area contributed by atoms with Crippen LogP contribution in [0, 0.1) is 10.1 Å². The summed E-state index contributed by atoms with van der Waals surface area (Å²) in [4.78, 5) is 8.66. The van der Waals surface area contributed by atoms with E-state index in [-0.39, 0.29) is 40.8 Å². The summed E-state index contributed by atoms with van der Waals surface area (Å²) >= 11 is 0. The Hall–Kier alpha value is -0.710. The molecule has 0 bridgehead atoms. The van der Waals surface area contributed by atoms with E-state index < -0.39 is 25.6 Å². The van der Waals surface area contributed by atoms with Gasteiger partial charge < -0.3 is 14.8 Å². The molecule has 0 spiro atoms. The second-order valence-electron chi connectivity index (χ2n) is 2.54. The molecule has 0 heterocycles. The molecule has 0 amide bonds. The first kappa shape index (κ1) is 18.6. The van der Waals surface area contributed by atoms with Crippen molar-refractivity contribution in [1.82, 2.24) is 0 Å². The number of rotatable bonds is 3. The fourth-order valence-electron chi connectivity index (χ4n) is 0.978. The van der Waals surface area contributed by atoms with Crippen molar-refractivity contribution < 1.29 is 57.7 Å². The average molecular weight is 273 g/mol. The molecule has 90 valence electrons.